The molecule has 3 aliphatic heterocycles. The van der Waals surface area contributed by atoms with Gasteiger partial charge >= 0.3 is 6.09 Å². The number of aromatic nitrogens is 1. The second kappa shape index (κ2) is 18.8. The highest BCUT2D eigenvalue weighted by atomic mass is 32.2. The molecule has 0 radical (unpaired) electrons. The number of hydrogen-bond donors (Lipinski definition) is 4. The van der Waals surface area contributed by atoms with Gasteiger partial charge in [-0.2, -0.15) is 0 Å². The summed E-state index contributed by atoms with van der Waals surface area (Å²) < 4.78 is 62.5. The van der Waals surface area contributed by atoms with Crippen LogP contribution in [-0.4, -0.2) is 109 Å². The predicted molar refractivity (Wildman–Crippen MR) is 238 cm³/mol. The number of nitrogens with one attached hydrogen (secondary N) is 4. The number of sulfonamides is 1. The van der Waals surface area contributed by atoms with Crippen LogP contribution in [0.4, 0.5) is 9.18 Å². The second-order valence-corrected chi connectivity index (χ2v) is 21.7. The van der Waals surface area contributed by atoms with E-state index in [0.717, 1.165) is 56.8 Å². The van der Waals surface area contributed by atoms with Crippen molar-refractivity contribution in [3.8, 4) is 11.6 Å². The molecular weight excluding hydrogens is 844 g/mol. The summed E-state index contributed by atoms with van der Waals surface area (Å²) in [4.78, 5) is 64.1. The molecule has 2 unspecified atom stereocenters. The number of nitrogens with zero attached hydrogens (tertiary/aromatic N) is 2. The fraction of sp³-hybridized carbons (Fsp3) is 0.681. The molecule has 1 aromatic heterocycles. The number of rotatable bonds is 10. The first-order valence-corrected chi connectivity index (χ1v) is 25.0. The summed E-state index contributed by atoms with van der Waals surface area (Å²) in [5, 5.41) is 9.61. The van der Waals surface area contributed by atoms with Crippen LogP contribution in [0.2, 0.25) is 0 Å². The lowest BCUT2D eigenvalue weighted by atomic mass is 9.83. The first kappa shape index (κ1) is 46.0. The Labute approximate surface area is 375 Å². The van der Waals surface area contributed by atoms with Gasteiger partial charge in [-0.05, 0) is 102 Å². The summed E-state index contributed by atoms with van der Waals surface area (Å²) >= 11 is 0. The Kier molecular flexibility index (Phi) is 13.5. The average Bonchev–Trinajstić information content (AvgIpc) is 4.18. The molecule has 15 nitrogen and oxygen atoms in total. The van der Waals surface area contributed by atoms with E-state index < -0.39 is 80.5 Å². The first-order chi connectivity index (χ1) is 30.6. The van der Waals surface area contributed by atoms with Crippen LogP contribution in [-0.2, 0) is 35.6 Å². The molecule has 2 bridgehead atoms. The van der Waals surface area contributed by atoms with E-state index in [1.165, 1.54) is 17.9 Å². The summed E-state index contributed by atoms with van der Waals surface area (Å²) in [5.74, 6) is -2.07. The van der Waals surface area contributed by atoms with Gasteiger partial charge < -0.3 is 35.1 Å². The van der Waals surface area contributed by atoms with Gasteiger partial charge in [0.05, 0.1) is 22.4 Å². The zero-order valence-corrected chi connectivity index (χ0v) is 38.2. The standard InChI is InChI=1S/C47H65FN6O9S/c1-5-28(2)47(4,44(57)53-64(59,60)46(3)21-22-46)52-41(55)36-25-31-27-54(36)43(56)39(29-14-8-6-9-15-29)51-45(58)63-38-24-30(38)16-10-7-11-18-33-40(62-37-20-23-49-26-34(37)48)32-17-12-13-19-35(32)50-42(33)61-31/h5,12-13,17,19,28-31,34,36-39,49H,1,6-11,14-16,18,20-27H2,2-4H3,(H,51,58)(H,52,55)(H,53,57)/t28?,30-,31-,34-,36+,37+,38-,39+,47?/m1/s1. The van der Waals surface area contributed by atoms with Crippen molar-refractivity contribution in [3.63, 3.8) is 0 Å². The number of benzene rings is 1. The number of amides is 4. The summed E-state index contributed by atoms with van der Waals surface area (Å²) in [6.45, 7) is 9.23. The van der Waals surface area contributed by atoms with Gasteiger partial charge in [-0.3, -0.25) is 19.1 Å². The van der Waals surface area contributed by atoms with Gasteiger partial charge in [0, 0.05) is 24.3 Å². The molecule has 64 heavy (non-hydrogen) atoms. The highest BCUT2D eigenvalue weighted by Crippen LogP contribution is 2.43. The van der Waals surface area contributed by atoms with Crippen LogP contribution in [0, 0.1) is 17.8 Å². The van der Waals surface area contributed by atoms with Crippen LogP contribution >= 0.6 is 0 Å². The lowest BCUT2D eigenvalue weighted by Crippen LogP contribution is -2.64. The number of halogens is 1. The zero-order valence-electron chi connectivity index (χ0n) is 37.4. The highest BCUT2D eigenvalue weighted by molar-refractivity contribution is 7.91. The third kappa shape index (κ3) is 9.70. The quantitative estimate of drug-likeness (QED) is 0.219. The monoisotopic (exact) mass is 908 g/mol. The van der Waals surface area contributed by atoms with Gasteiger partial charge in [-0.1, -0.05) is 57.2 Å². The molecule has 4 N–H and O–H groups in total. The third-order valence-corrected chi connectivity index (χ3v) is 17.0. The summed E-state index contributed by atoms with van der Waals surface area (Å²) in [6.07, 6.45) is 7.87. The van der Waals surface area contributed by atoms with Crippen molar-refractivity contribution in [1.29, 1.82) is 0 Å². The summed E-state index contributed by atoms with van der Waals surface area (Å²) in [5.41, 5.74) is -0.533. The molecule has 9 atom stereocenters. The number of para-hydroxylation sites is 1. The van der Waals surface area contributed by atoms with E-state index >= 15 is 9.18 Å². The number of carbonyl (C=O) groups is 4. The molecule has 2 aromatic rings. The Morgan fingerprint density at radius 1 is 1.05 bits per heavy atom. The fourth-order valence-corrected chi connectivity index (χ4v) is 11.2. The van der Waals surface area contributed by atoms with Crippen LogP contribution in [0.25, 0.3) is 10.9 Å². The van der Waals surface area contributed by atoms with Gasteiger partial charge in [-0.25, -0.2) is 22.6 Å². The van der Waals surface area contributed by atoms with Crippen molar-refractivity contribution < 1.29 is 46.2 Å². The number of carbonyl (C=O) groups excluding carboxylic acids is 4. The van der Waals surface area contributed by atoms with Crippen LogP contribution in [0.3, 0.4) is 0 Å². The molecular formula is C47H65FN6O9S. The van der Waals surface area contributed by atoms with Gasteiger partial charge in [-0.15, -0.1) is 6.58 Å². The van der Waals surface area contributed by atoms with Crippen molar-refractivity contribution in [2.75, 3.05) is 19.6 Å². The molecule has 4 heterocycles. The minimum absolute atomic E-state index is 0.0231. The lowest BCUT2D eigenvalue weighted by molar-refractivity contribution is -0.143. The van der Waals surface area contributed by atoms with Crippen molar-refractivity contribution >= 4 is 44.7 Å². The Morgan fingerprint density at radius 2 is 1.77 bits per heavy atom. The Bertz CT molecular complexity index is 2220. The van der Waals surface area contributed by atoms with E-state index in [1.807, 2.05) is 24.3 Å². The number of piperidine rings is 1. The van der Waals surface area contributed by atoms with Gasteiger partial charge in [0.1, 0.15) is 47.9 Å². The molecule has 3 saturated carbocycles. The number of pyridine rings is 1. The van der Waals surface area contributed by atoms with E-state index in [-0.39, 0.29) is 43.3 Å². The van der Waals surface area contributed by atoms with Crippen molar-refractivity contribution in [2.45, 2.75) is 164 Å². The minimum atomic E-state index is -4.08. The molecule has 0 spiro atoms. The smallest absolute Gasteiger partial charge is 0.408 e. The van der Waals surface area contributed by atoms with E-state index in [4.69, 9.17) is 19.2 Å². The number of alkyl carbamates (subject to hydrolysis) is 1. The van der Waals surface area contributed by atoms with Crippen molar-refractivity contribution in [1.82, 2.24) is 30.6 Å². The van der Waals surface area contributed by atoms with Crippen molar-refractivity contribution in [3.05, 3.63) is 42.5 Å². The minimum Gasteiger partial charge on any atom is -0.486 e. The SMILES string of the molecule is C=CC(C)C(C)(NC(=O)[C@@H]1C[C@@H]2CN1C(=O)[C@H](C1CCCCC1)NC(=O)O[C@@H]1C[C@H]1CCCCCc1c(nc3ccccc3c1O[C@H]1CCNC[C@H]1F)O2)C(=O)NS(=O)(=O)C1(C)CC1. The second-order valence-electron chi connectivity index (χ2n) is 19.5. The Hall–Kier alpha value is -4.51. The molecule has 4 amide bonds. The number of alkyl halides is 1. The topological polar surface area (TPSA) is 194 Å². The molecule has 5 fully saturated rings. The van der Waals surface area contributed by atoms with Crippen molar-refractivity contribution in [2.24, 2.45) is 17.8 Å². The van der Waals surface area contributed by atoms with Crippen LogP contribution in [0.5, 0.6) is 11.6 Å². The van der Waals surface area contributed by atoms with E-state index in [2.05, 4.69) is 27.3 Å². The van der Waals surface area contributed by atoms with Crippen LogP contribution in [0.15, 0.2) is 36.9 Å². The number of hydrogen-bond acceptors (Lipinski definition) is 11. The maximum absolute atomic E-state index is 15.4. The Morgan fingerprint density at radius 3 is 2.48 bits per heavy atom. The normalized spacial score (nSPS) is 30.3. The van der Waals surface area contributed by atoms with E-state index in [0.29, 0.717) is 61.9 Å². The molecule has 6 aliphatic rings. The summed E-state index contributed by atoms with van der Waals surface area (Å²) in [6, 6.07) is 5.29. The van der Waals surface area contributed by atoms with E-state index in [1.54, 1.807) is 13.8 Å². The fourth-order valence-electron chi connectivity index (χ4n) is 9.89. The van der Waals surface area contributed by atoms with Gasteiger partial charge in [0.25, 0.3) is 5.91 Å². The molecule has 350 valence electrons. The molecule has 2 saturated heterocycles. The predicted octanol–water partition coefficient (Wildman–Crippen LogP) is 5.54. The molecule has 3 aliphatic carbocycles. The Balaban J connectivity index is 1.17. The zero-order chi connectivity index (χ0) is 45.4. The van der Waals surface area contributed by atoms with E-state index in [9.17, 15) is 22.8 Å². The van der Waals surface area contributed by atoms with Gasteiger partial charge in [0.15, 0.2) is 0 Å². The largest absolute Gasteiger partial charge is 0.486 e. The van der Waals surface area contributed by atoms with Crippen LogP contribution < -0.4 is 30.1 Å². The maximum atomic E-state index is 15.4. The molecule has 1 aromatic carbocycles. The number of ether oxygens (including phenoxy) is 3. The molecule has 17 heteroatoms. The highest BCUT2D eigenvalue weighted by Gasteiger charge is 2.54. The van der Waals surface area contributed by atoms with Gasteiger partial charge in [0.2, 0.25) is 27.7 Å². The maximum Gasteiger partial charge on any atom is 0.408 e. The third-order valence-electron chi connectivity index (χ3n) is 14.9. The molecule has 8 rings (SSSR count). The van der Waals surface area contributed by atoms with Crippen LogP contribution in [0.1, 0.15) is 116 Å². The average molecular weight is 909 g/mol. The first-order valence-electron chi connectivity index (χ1n) is 23.5. The summed E-state index contributed by atoms with van der Waals surface area (Å²) in [7, 11) is -4.08. The lowest BCUT2D eigenvalue weighted by Gasteiger charge is -2.37. The number of fused-ring (bicyclic) bond motifs is 5.